The first-order valence-electron chi connectivity index (χ1n) is 11.0. The van der Waals surface area contributed by atoms with Crippen LogP contribution in [0, 0.1) is 5.92 Å². The van der Waals surface area contributed by atoms with Gasteiger partial charge in [0.15, 0.2) is 0 Å². The minimum atomic E-state index is -1.78. The summed E-state index contributed by atoms with van der Waals surface area (Å²) in [5.41, 5.74) is 1.76. The number of aromatic nitrogens is 2. The van der Waals surface area contributed by atoms with E-state index in [1.54, 1.807) is 47.4 Å². The molecule has 0 bridgehead atoms. The van der Waals surface area contributed by atoms with Crippen molar-refractivity contribution in [1.29, 1.82) is 0 Å². The van der Waals surface area contributed by atoms with Gasteiger partial charge < -0.3 is 14.4 Å². The molecule has 0 saturated carbocycles. The molecule has 7 nitrogen and oxygen atoms in total. The van der Waals surface area contributed by atoms with Gasteiger partial charge in [0.1, 0.15) is 5.75 Å². The minimum Gasteiger partial charge on any atom is -0.489 e. The van der Waals surface area contributed by atoms with Crippen LogP contribution in [0.2, 0.25) is 5.02 Å². The van der Waals surface area contributed by atoms with E-state index in [0.29, 0.717) is 52.1 Å². The number of ether oxygens (including phenoxy) is 1. The average molecular weight is 444 g/mol. The van der Waals surface area contributed by atoms with Crippen LogP contribution < -0.4 is 4.74 Å². The van der Waals surface area contributed by atoms with Crippen LogP contribution >= 0.6 is 11.6 Å². The van der Waals surface area contributed by atoms with Crippen molar-refractivity contribution < 1.29 is 21.9 Å². The van der Waals surface area contributed by atoms with Gasteiger partial charge in [0.05, 0.1) is 17.0 Å². The number of halogens is 1. The van der Waals surface area contributed by atoms with E-state index in [1.807, 2.05) is 13.8 Å². The lowest BCUT2D eigenvalue weighted by molar-refractivity contribution is -0.141. The topological polar surface area (TPSA) is 88.7 Å². The molecule has 1 aromatic heterocycles. The Kier molecular flexibility index (Phi) is 5.51. The van der Waals surface area contributed by atoms with Gasteiger partial charge in [0, 0.05) is 26.9 Å². The van der Waals surface area contributed by atoms with Gasteiger partial charge >= 0.3 is 5.97 Å². The molecule has 31 heavy (non-hydrogen) atoms. The summed E-state index contributed by atoms with van der Waals surface area (Å²) >= 11 is 6.30. The second-order valence-corrected chi connectivity index (χ2v) is 8.10. The first kappa shape index (κ1) is 18.8. The summed E-state index contributed by atoms with van der Waals surface area (Å²) in [6, 6.07) is 12.0. The quantitative estimate of drug-likeness (QED) is 0.563. The van der Waals surface area contributed by atoms with Crippen LogP contribution in [-0.2, 0) is 11.3 Å². The Balaban J connectivity index is 1.50. The fourth-order valence-electron chi connectivity index (χ4n) is 3.38. The molecule has 4 rings (SSSR count). The number of likely N-dealkylation sites (tertiary alicyclic amines) is 1. The van der Waals surface area contributed by atoms with E-state index in [1.165, 1.54) is 0 Å². The largest absolute Gasteiger partial charge is 0.489 e. The van der Waals surface area contributed by atoms with Crippen LogP contribution in [0.15, 0.2) is 47.0 Å². The second-order valence-electron chi connectivity index (χ2n) is 7.69. The second kappa shape index (κ2) is 9.08. The Morgan fingerprint density at radius 2 is 2.06 bits per heavy atom. The predicted molar refractivity (Wildman–Crippen MR) is 117 cm³/mol. The maximum absolute atomic E-state index is 11.2. The number of carboxylic acids is 1. The zero-order chi connectivity index (χ0) is 23.8. The summed E-state index contributed by atoms with van der Waals surface area (Å²) in [6.45, 7) is 2.64. The highest BCUT2D eigenvalue weighted by atomic mass is 35.5. The van der Waals surface area contributed by atoms with Crippen LogP contribution in [0.3, 0.4) is 0 Å². The Morgan fingerprint density at radius 3 is 2.71 bits per heavy atom. The molecule has 2 aromatic carbocycles. The third kappa shape index (κ3) is 5.06. The van der Waals surface area contributed by atoms with Crippen LogP contribution in [0.25, 0.3) is 22.8 Å². The van der Waals surface area contributed by atoms with Crippen molar-refractivity contribution in [3.05, 3.63) is 53.1 Å². The van der Waals surface area contributed by atoms with Gasteiger partial charge in [0.25, 0.3) is 5.89 Å². The molecule has 0 radical (unpaired) electrons. The molecule has 1 fully saturated rings. The summed E-state index contributed by atoms with van der Waals surface area (Å²) in [6.07, 6.45) is 0.440. The molecule has 1 aliphatic heterocycles. The molecule has 1 N–H and O–H groups in total. The monoisotopic (exact) mass is 443 g/mol. The lowest BCUT2D eigenvalue weighted by Gasteiger charge is -2.15. The summed E-state index contributed by atoms with van der Waals surface area (Å²) < 4.78 is 28.0. The number of rotatable bonds is 7. The van der Waals surface area contributed by atoms with Crippen LogP contribution in [0.5, 0.6) is 5.75 Å². The van der Waals surface area contributed by atoms with Gasteiger partial charge in [-0.3, -0.25) is 9.69 Å². The van der Waals surface area contributed by atoms with Crippen LogP contribution in [-0.4, -0.2) is 45.3 Å². The molecule has 2 heterocycles. The van der Waals surface area contributed by atoms with E-state index in [9.17, 15) is 9.90 Å². The molecule has 1 unspecified atom stereocenters. The molecule has 3 aromatic rings. The zero-order valence-corrected chi connectivity index (χ0v) is 18.0. The number of carbonyl (C=O) groups is 1. The molecule has 0 aliphatic carbocycles. The van der Waals surface area contributed by atoms with Crippen molar-refractivity contribution in [2.24, 2.45) is 5.92 Å². The fourth-order valence-corrected chi connectivity index (χ4v) is 3.61. The van der Waals surface area contributed by atoms with Gasteiger partial charge in [-0.05, 0) is 62.7 Å². The highest BCUT2D eigenvalue weighted by Crippen LogP contribution is 2.31. The number of benzene rings is 2. The maximum atomic E-state index is 11.2. The van der Waals surface area contributed by atoms with E-state index in [0.717, 1.165) is 0 Å². The first-order valence-corrected chi connectivity index (χ1v) is 10.4. The van der Waals surface area contributed by atoms with Gasteiger partial charge in [-0.15, -0.1) is 0 Å². The standard InChI is InChI=1S/C23H24ClN3O4/c1-14(2)30-20-8-7-17(11-19(20)24)21-25-22(31-26-21)16-5-3-15(4-6-16)12-27-10-9-18(13-27)23(28)29/h3-8,11,14,18H,9-10,12-13H2,1-2H3,(H,28,29)/i12D2. The Bertz CT molecular complexity index is 1150. The molecule has 1 saturated heterocycles. The molecule has 1 atom stereocenters. The van der Waals surface area contributed by atoms with Crippen LogP contribution in [0.1, 0.15) is 28.6 Å². The SMILES string of the molecule is [2H]C([2H])(c1ccc(-c2nc(-c3ccc(OC(C)C)c(Cl)c3)no2)cc1)N1CCC(C(=O)O)C1. The Hall–Kier alpha value is -2.90. The molecular formula is C23H24ClN3O4. The van der Waals surface area contributed by atoms with Crippen molar-refractivity contribution >= 4 is 17.6 Å². The smallest absolute Gasteiger partial charge is 0.307 e. The molecule has 8 heteroatoms. The van der Waals surface area contributed by atoms with Gasteiger partial charge in [-0.25, -0.2) is 0 Å². The van der Waals surface area contributed by atoms with Gasteiger partial charge in [-0.2, -0.15) is 4.98 Å². The maximum Gasteiger partial charge on any atom is 0.307 e. The molecule has 162 valence electrons. The molecule has 1 aliphatic rings. The predicted octanol–water partition coefficient (Wildman–Crippen LogP) is 4.75. The van der Waals surface area contributed by atoms with E-state index in [-0.39, 0.29) is 12.6 Å². The van der Waals surface area contributed by atoms with E-state index < -0.39 is 18.4 Å². The van der Waals surface area contributed by atoms with Crippen molar-refractivity contribution in [2.75, 3.05) is 13.1 Å². The summed E-state index contributed by atoms with van der Waals surface area (Å²) in [7, 11) is 0. The van der Waals surface area contributed by atoms with Gasteiger partial charge in [0.2, 0.25) is 5.82 Å². The zero-order valence-electron chi connectivity index (χ0n) is 19.2. The highest BCUT2D eigenvalue weighted by molar-refractivity contribution is 6.32. The molecule has 0 amide bonds. The highest BCUT2D eigenvalue weighted by Gasteiger charge is 2.27. The summed E-state index contributed by atoms with van der Waals surface area (Å²) in [5.74, 6) is -0.186. The van der Waals surface area contributed by atoms with Crippen molar-refractivity contribution in [2.45, 2.75) is 32.9 Å². The third-order valence-electron chi connectivity index (χ3n) is 4.94. The molecule has 0 spiro atoms. The normalized spacial score (nSPS) is 18.1. The molecular weight excluding hydrogens is 418 g/mol. The first-order chi connectivity index (χ1) is 15.6. The number of aliphatic carboxylic acids is 1. The number of hydrogen-bond donors (Lipinski definition) is 1. The van der Waals surface area contributed by atoms with E-state index in [4.69, 9.17) is 23.6 Å². The summed E-state index contributed by atoms with van der Waals surface area (Å²) in [5, 5.41) is 13.7. The van der Waals surface area contributed by atoms with E-state index >= 15 is 0 Å². The fraction of sp³-hybridized carbons (Fsp3) is 0.348. The van der Waals surface area contributed by atoms with Crippen molar-refractivity contribution in [1.82, 2.24) is 15.0 Å². The lowest BCUT2D eigenvalue weighted by atomic mass is 10.1. The Morgan fingerprint density at radius 1 is 1.32 bits per heavy atom. The van der Waals surface area contributed by atoms with Crippen molar-refractivity contribution in [3.8, 4) is 28.6 Å². The minimum absolute atomic E-state index is 0.00310. The third-order valence-corrected chi connectivity index (χ3v) is 5.23. The number of carboxylic acid groups (broad SMARTS) is 1. The average Bonchev–Trinajstić information content (AvgIpc) is 3.46. The van der Waals surface area contributed by atoms with Crippen LogP contribution in [0.4, 0.5) is 0 Å². The number of hydrogen-bond acceptors (Lipinski definition) is 6. The lowest BCUT2D eigenvalue weighted by Crippen LogP contribution is -2.22. The van der Waals surface area contributed by atoms with E-state index in [2.05, 4.69) is 10.1 Å². The number of nitrogens with zero attached hydrogens (tertiary/aromatic N) is 3. The van der Waals surface area contributed by atoms with Crippen molar-refractivity contribution in [3.63, 3.8) is 0 Å². The Labute approximate surface area is 188 Å². The van der Waals surface area contributed by atoms with Gasteiger partial charge in [-0.1, -0.05) is 28.9 Å². The summed E-state index contributed by atoms with van der Waals surface area (Å²) in [4.78, 5) is 17.2.